The Balaban J connectivity index is 1.84. The third-order valence-corrected chi connectivity index (χ3v) is 6.48. The lowest BCUT2D eigenvalue weighted by Crippen LogP contribution is -2.29. The third-order valence-electron chi connectivity index (χ3n) is 3.83. The fraction of sp³-hybridized carbons (Fsp3) is 0.133. The molecule has 0 spiro atoms. The number of thiazole rings is 1. The van der Waals surface area contributed by atoms with E-state index in [0.717, 1.165) is 29.0 Å². The maximum absolute atomic E-state index is 12.9. The Morgan fingerprint density at radius 1 is 1.14 bits per heavy atom. The van der Waals surface area contributed by atoms with Gasteiger partial charge in [-0.1, -0.05) is 29.5 Å². The number of rotatable bonds is 2. The van der Waals surface area contributed by atoms with Crippen LogP contribution in [0.3, 0.4) is 0 Å². The van der Waals surface area contributed by atoms with Crippen molar-refractivity contribution in [1.29, 1.82) is 0 Å². The highest BCUT2D eigenvalue weighted by atomic mass is 32.2. The molecule has 2 aromatic carbocycles. The highest BCUT2D eigenvalue weighted by Gasteiger charge is 2.30. The number of nitrogens with one attached hydrogen (secondary N) is 1. The molecule has 1 N–H and O–H groups in total. The molecule has 0 bridgehead atoms. The molecule has 0 radical (unpaired) electrons. The number of nitrogens with zero attached hydrogens (tertiary/aromatic N) is 1. The second kappa shape index (κ2) is 4.69. The molecule has 0 unspecified atom stereocenters. The van der Waals surface area contributed by atoms with Crippen LogP contribution in [0.2, 0.25) is 0 Å². The van der Waals surface area contributed by atoms with E-state index in [9.17, 15) is 13.2 Å². The maximum Gasteiger partial charge on any atom is 0.305 e. The number of anilines is 1. The molecule has 112 valence electrons. The van der Waals surface area contributed by atoms with Gasteiger partial charge >= 0.3 is 4.87 Å². The van der Waals surface area contributed by atoms with E-state index in [1.807, 2.05) is 24.3 Å². The normalized spacial score (nSPS) is 14.5. The van der Waals surface area contributed by atoms with Gasteiger partial charge in [-0.05, 0) is 36.2 Å². The molecular weight excluding hydrogens is 320 g/mol. The van der Waals surface area contributed by atoms with Crippen molar-refractivity contribution >= 4 is 37.3 Å². The number of aromatic amines is 1. The summed E-state index contributed by atoms with van der Waals surface area (Å²) in [5.41, 5.74) is 2.44. The van der Waals surface area contributed by atoms with Crippen molar-refractivity contribution in [1.82, 2.24) is 4.98 Å². The summed E-state index contributed by atoms with van der Waals surface area (Å²) in [4.78, 5) is 14.1. The van der Waals surface area contributed by atoms with Crippen LogP contribution >= 0.6 is 11.3 Å². The van der Waals surface area contributed by atoms with E-state index in [0.29, 0.717) is 16.8 Å². The molecule has 3 aromatic rings. The Kier molecular flexibility index (Phi) is 2.88. The zero-order chi connectivity index (χ0) is 15.3. The van der Waals surface area contributed by atoms with Gasteiger partial charge in [0.05, 0.1) is 20.8 Å². The van der Waals surface area contributed by atoms with Crippen LogP contribution in [0.15, 0.2) is 52.2 Å². The second-order valence-electron chi connectivity index (χ2n) is 5.13. The van der Waals surface area contributed by atoms with Crippen LogP contribution in [0.25, 0.3) is 10.2 Å². The SMILES string of the molecule is O=c1[nH]c2ccc(S(=O)(=O)N3CCc4ccccc43)cc2s1. The monoisotopic (exact) mass is 332 g/mol. The summed E-state index contributed by atoms with van der Waals surface area (Å²) >= 11 is 1.02. The van der Waals surface area contributed by atoms with Crippen molar-refractivity contribution in [2.75, 3.05) is 10.8 Å². The van der Waals surface area contributed by atoms with Gasteiger partial charge in [0.2, 0.25) is 0 Å². The Morgan fingerprint density at radius 3 is 2.82 bits per heavy atom. The highest BCUT2D eigenvalue weighted by Crippen LogP contribution is 2.33. The minimum absolute atomic E-state index is 0.184. The topological polar surface area (TPSA) is 70.2 Å². The molecule has 1 aromatic heterocycles. The number of hydrogen-bond acceptors (Lipinski definition) is 4. The van der Waals surface area contributed by atoms with Crippen LogP contribution in [0, 0.1) is 0 Å². The van der Waals surface area contributed by atoms with Crippen molar-refractivity contribution in [2.45, 2.75) is 11.3 Å². The summed E-state index contributed by atoms with van der Waals surface area (Å²) < 4.78 is 27.9. The predicted molar refractivity (Wildman–Crippen MR) is 87.1 cm³/mol. The zero-order valence-corrected chi connectivity index (χ0v) is 13.1. The summed E-state index contributed by atoms with van der Waals surface area (Å²) in [7, 11) is -3.61. The minimum Gasteiger partial charge on any atom is -0.312 e. The molecule has 1 aliphatic heterocycles. The molecular formula is C15H12N2O3S2. The first-order valence-corrected chi connectivity index (χ1v) is 9.05. The van der Waals surface area contributed by atoms with Gasteiger partial charge < -0.3 is 4.98 Å². The van der Waals surface area contributed by atoms with Gasteiger partial charge in [0.15, 0.2) is 0 Å². The molecule has 0 aliphatic carbocycles. The molecule has 7 heteroatoms. The van der Waals surface area contributed by atoms with Gasteiger partial charge in [-0.25, -0.2) is 8.42 Å². The molecule has 5 nitrogen and oxygen atoms in total. The van der Waals surface area contributed by atoms with Gasteiger partial charge in [-0.2, -0.15) is 0 Å². The molecule has 0 amide bonds. The fourth-order valence-electron chi connectivity index (χ4n) is 2.77. The fourth-order valence-corrected chi connectivity index (χ4v) is 5.15. The quantitative estimate of drug-likeness (QED) is 0.783. The van der Waals surface area contributed by atoms with Crippen LogP contribution in [0.1, 0.15) is 5.56 Å². The number of para-hydroxylation sites is 1. The molecule has 1 aliphatic rings. The van der Waals surface area contributed by atoms with E-state index in [2.05, 4.69) is 4.98 Å². The van der Waals surface area contributed by atoms with E-state index >= 15 is 0 Å². The number of benzene rings is 2. The van der Waals surface area contributed by atoms with Crippen LogP contribution < -0.4 is 9.18 Å². The molecule has 0 atom stereocenters. The van der Waals surface area contributed by atoms with Crippen molar-refractivity contribution in [2.24, 2.45) is 0 Å². The molecule has 0 saturated heterocycles. The average molecular weight is 332 g/mol. The maximum atomic E-state index is 12.9. The van der Waals surface area contributed by atoms with E-state index in [-0.39, 0.29) is 9.77 Å². The molecule has 0 fully saturated rings. The van der Waals surface area contributed by atoms with E-state index < -0.39 is 10.0 Å². The number of sulfonamides is 1. The van der Waals surface area contributed by atoms with Gasteiger partial charge in [0.25, 0.3) is 10.0 Å². The number of fused-ring (bicyclic) bond motifs is 2. The van der Waals surface area contributed by atoms with Crippen LogP contribution in [-0.4, -0.2) is 19.9 Å². The number of hydrogen-bond donors (Lipinski definition) is 1. The molecule has 2 heterocycles. The first-order chi connectivity index (χ1) is 10.6. The first-order valence-electron chi connectivity index (χ1n) is 6.79. The van der Waals surface area contributed by atoms with Gasteiger partial charge in [0, 0.05) is 6.54 Å². The number of H-pyrrole nitrogens is 1. The van der Waals surface area contributed by atoms with Gasteiger partial charge in [-0.3, -0.25) is 9.10 Å². The summed E-state index contributed by atoms with van der Waals surface area (Å²) in [6.07, 6.45) is 0.717. The third kappa shape index (κ3) is 1.97. The molecule has 4 rings (SSSR count). The number of aromatic nitrogens is 1. The van der Waals surface area contributed by atoms with Crippen LogP contribution in [0.4, 0.5) is 5.69 Å². The molecule has 22 heavy (non-hydrogen) atoms. The average Bonchev–Trinajstić information content (AvgIpc) is 3.08. The Hall–Kier alpha value is -2.12. The first kappa shape index (κ1) is 13.5. The lowest BCUT2D eigenvalue weighted by Gasteiger charge is -2.19. The smallest absolute Gasteiger partial charge is 0.305 e. The van der Waals surface area contributed by atoms with Crippen molar-refractivity contribution in [3.63, 3.8) is 0 Å². The lowest BCUT2D eigenvalue weighted by molar-refractivity contribution is 0.592. The van der Waals surface area contributed by atoms with Gasteiger partial charge in [0.1, 0.15) is 0 Å². The van der Waals surface area contributed by atoms with E-state index in [4.69, 9.17) is 0 Å². The minimum atomic E-state index is -3.61. The highest BCUT2D eigenvalue weighted by molar-refractivity contribution is 7.92. The summed E-state index contributed by atoms with van der Waals surface area (Å²) in [5, 5.41) is 0. The van der Waals surface area contributed by atoms with Crippen molar-refractivity contribution < 1.29 is 8.42 Å². The van der Waals surface area contributed by atoms with Crippen LogP contribution in [0.5, 0.6) is 0 Å². The van der Waals surface area contributed by atoms with Crippen molar-refractivity contribution in [3.8, 4) is 0 Å². The largest absolute Gasteiger partial charge is 0.312 e. The summed E-state index contributed by atoms with van der Waals surface area (Å²) in [5.74, 6) is 0. The van der Waals surface area contributed by atoms with Crippen LogP contribution in [-0.2, 0) is 16.4 Å². The zero-order valence-electron chi connectivity index (χ0n) is 11.4. The Morgan fingerprint density at radius 2 is 1.95 bits per heavy atom. The van der Waals surface area contributed by atoms with E-state index in [1.54, 1.807) is 18.2 Å². The Bertz CT molecular complexity index is 1030. The predicted octanol–water partition coefficient (Wildman–Crippen LogP) is 2.34. The van der Waals surface area contributed by atoms with E-state index in [1.165, 1.54) is 4.31 Å². The Labute approximate surface area is 130 Å². The second-order valence-corrected chi connectivity index (χ2v) is 8.01. The summed E-state index contributed by atoms with van der Waals surface area (Å²) in [6, 6.07) is 12.3. The standard InChI is InChI=1S/C15H12N2O3S2/c18-15-16-12-6-5-11(9-14(12)21-15)22(19,20)17-8-7-10-3-1-2-4-13(10)17/h1-6,9H,7-8H2,(H,16,18). The lowest BCUT2D eigenvalue weighted by atomic mass is 10.2. The molecule has 0 saturated carbocycles. The van der Waals surface area contributed by atoms with Gasteiger partial charge in [-0.15, -0.1) is 0 Å². The van der Waals surface area contributed by atoms with Crippen molar-refractivity contribution in [3.05, 3.63) is 57.7 Å². The summed E-state index contributed by atoms with van der Waals surface area (Å²) in [6.45, 7) is 0.448.